The molecule has 4 heteroatoms. The molecule has 1 aliphatic heterocycles. The van der Waals surface area contributed by atoms with Crippen LogP contribution in [0.5, 0.6) is 0 Å². The summed E-state index contributed by atoms with van der Waals surface area (Å²) in [6.07, 6.45) is 2.26. The summed E-state index contributed by atoms with van der Waals surface area (Å²) in [5.41, 5.74) is 5.03. The Labute approximate surface area is 201 Å². The Hall–Kier alpha value is -3.34. The maximum absolute atomic E-state index is 6.33. The van der Waals surface area contributed by atoms with Gasteiger partial charge >= 0.3 is 7.12 Å². The molecule has 168 valence electrons. The summed E-state index contributed by atoms with van der Waals surface area (Å²) >= 11 is 0. The minimum atomic E-state index is -0.381. The number of benzene rings is 4. The number of hydrogen-bond donors (Lipinski definition) is 0. The third-order valence-electron chi connectivity index (χ3n) is 7.45. The monoisotopic (exact) mass is 445 g/mol. The van der Waals surface area contributed by atoms with E-state index in [-0.39, 0.29) is 18.3 Å². The van der Waals surface area contributed by atoms with Gasteiger partial charge in [0.2, 0.25) is 0 Å². The van der Waals surface area contributed by atoms with E-state index in [1.807, 2.05) is 0 Å². The van der Waals surface area contributed by atoms with Crippen molar-refractivity contribution in [2.75, 3.05) is 0 Å². The Bertz CT molecular complexity index is 1500. The van der Waals surface area contributed by atoms with Crippen molar-refractivity contribution < 1.29 is 9.31 Å². The van der Waals surface area contributed by atoms with Gasteiger partial charge in [-0.15, -0.1) is 0 Å². The number of hydrogen-bond acceptors (Lipinski definition) is 2. The molecule has 1 aromatic heterocycles. The average Bonchev–Trinajstić information content (AvgIpc) is 3.34. The van der Waals surface area contributed by atoms with E-state index in [1.54, 1.807) is 0 Å². The predicted molar refractivity (Wildman–Crippen MR) is 142 cm³/mol. The second-order valence-corrected chi connectivity index (χ2v) is 10.1. The van der Waals surface area contributed by atoms with Crippen molar-refractivity contribution in [2.45, 2.75) is 38.9 Å². The van der Waals surface area contributed by atoms with Crippen LogP contribution in [0, 0.1) is 0 Å². The van der Waals surface area contributed by atoms with Crippen molar-refractivity contribution in [2.24, 2.45) is 0 Å². The summed E-state index contributed by atoms with van der Waals surface area (Å²) in [5.74, 6) is 0. The summed E-state index contributed by atoms with van der Waals surface area (Å²) in [7, 11) is -0.381. The van der Waals surface area contributed by atoms with Crippen molar-refractivity contribution in [1.82, 2.24) is 4.57 Å². The van der Waals surface area contributed by atoms with Gasteiger partial charge in [-0.3, -0.25) is 0 Å². The van der Waals surface area contributed by atoms with Crippen LogP contribution in [0.4, 0.5) is 0 Å². The highest BCUT2D eigenvalue weighted by molar-refractivity contribution is 6.62. The van der Waals surface area contributed by atoms with Gasteiger partial charge in [0, 0.05) is 28.2 Å². The quantitative estimate of drug-likeness (QED) is 0.287. The van der Waals surface area contributed by atoms with E-state index < -0.39 is 0 Å². The summed E-state index contributed by atoms with van der Waals surface area (Å²) in [6, 6.07) is 32.2. The molecule has 6 rings (SSSR count). The lowest BCUT2D eigenvalue weighted by Gasteiger charge is -2.32. The normalized spacial score (nSPS) is 17.0. The molecule has 1 aliphatic rings. The Morgan fingerprint density at radius 3 is 2.15 bits per heavy atom. The van der Waals surface area contributed by atoms with Crippen molar-refractivity contribution in [3.63, 3.8) is 0 Å². The van der Waals surface area contributed by atoms with Crippen LogP contribution in [0.25, 0.3) is 38.5 Å². The zero-order valence-corrected chi connectivity index (χ0v) is 20.1. The molecule has 1 fully saturated rings. The van der Waals surface area contributed by atoms with Gasteiger partial charge in [-0.05, 0) is 56.2 Å². The molecule has 0 amide bonds. The predicted octanol–water partition coefficient (Wildman–Crippen LogP) is 6.75. The van der Waals surface area contributed by atoms with Gasteiger partial charge in [0.15, 0.2) is 0 Å². The SMILES string of the molecule is CC1(C)OB(c2cccc(-c3cn(-c4ccccc4)c4c3ccc3ccccc34)c2)OC1(C)C. The molecule has 0 atom stereocenters. The van der Waals surface area contributed by atoms with Crippen LogP contribution in [0.3, 0.4) is 0 Å². The molecule has 0 aliphatic carbocycles. The topological polar surface area (TPSA) is 23.4 Å². The second kappa shape index (κ2) is 7.59. The van der Waals surface area contributed by atoms with Crippen LogP contribution in [0.1, 0.15) is 27.7 Å². The third kappa shape index (κ3) is 3.29. The molecule has 0 spiro atoms. The Morgan fingerprint density at radius 1 is 0.676 bits per heavy atom. The number of nitrogens with zero attached hydrogens (tertiary/aromatic N) is 1. The summed E-state index contributed by atoms with van der Waals surface area (Å²) in [4.78, 5) is 0. The maximum Gasteiger partial charge on any atom is 0.494 e. The molecule has 0 radical (unpaired) electrons. The van der Waals surface area contributed by atoms with E-state index in [4.69, 9.17) is 9.31 Å². The van der Waals surface area contributed by atoms with E-state index >= 15 is 0 Å². The number of fused-ring (bicyclic) bond motifs is 3. The van der Waals surface area contributed by atoms with E-state index in [1.165, 1.54) is 27.2 Å². The first-order valence-corrected chi connectivity index (χ1v) is 11.9. The van der Waals surface area contributed by atoms with Crippen LogP contribution in [0.15, 0.2) is 97.2 Å². The van der Waals surface area contributed by atoms with Crippen molar-refractivity contribution >= 4 is 34.3 Å². The van der Waals surface area contributed by atoms with Gasteiger partial charge in [0.25, 0.3) is 0 Å². The molecular weight excluding hydrogens is 417 g/mol. The van der Waals surface area contributed by atoms with Crippen LogP contribution in [-0.4, -0.2) is 22.9 Å². The zero-order chi connectivity index (χ0) is 23.5. The van der Waals surface area contributed by atoms with E-state index in [2.05, 4.69) is 129 Å². The van der Waals surface area contributed by atoms with Gasteiger partial charge < -0.3 is 13.9 Å². The van der Waals surface area contributed by atoms with Crippen molar-refractivity contribution in [3.8, 4) is 16.8 Å². The van der Waals surface area contributed by atoms with Crippen LogP contribution in [-0.2, 0) is 9.31 Å². The molecule has 0 N–H and O–H groups in total. The van der Waals surface area contributed by atoms with Crippen LogP contribution < -0.4 is 5.46 Å². The zero-order valence-electron chi connectivity index (χ0n) is 20.1. The molecule has 1 saturated heterocycles. The summed E-state index contributed by atoms with van der Waals surface area (Å²) in [6.45, 7) is 8.37. The largest absolute Gasteiger partial charge is 0.494 e. The minimum absolute atomic E-state index is 0.365. The molecule has 2 heterocycles. The first kappa shape index (κ1) is 21.2. The second-order valence-electron chi connectivity index (χ2n) is 10.1. The molecular formula is C30H28BNO2. The van der Waals surface area contributed by atoms with E-state index in [0.717, 1.165) is 16.7 Å². The lowest BCUT2D eigenvalue weighted by atomic mass is 9.78. The van der Waals surface area contributed by atoms with E-state index in [9.17, 15) is 0 Å². The smallest absolute Gasteiger partial charge is 0.399 e. The fourth-order valence-electron chi connectivity index (χ4n) is 4.85. The molecule has 34 heavy (non-hydrogen) atoms. The van der Waals surface area contributed by atoms with Gasteiger partial charge in [-0.25, -0.2) is 0 Å². The highest BCUT2D eigenvalue weighted by atomic mass is 16.7. The molecule has 4 aromatic carbocycles. The highest BCUT2D eigenvalue weighted by Crippen LogP contribution is 2.38. The summed E-state index contributed by atoms with van der Waals surface area (Å²) in [5, 5.41) is 3.72. The number of aromatic nitrogens is 1. The fourth-order valence-corrected chi connectivity index (χ4v) is 4.85. The summed E-state index contributed by atoms with van der Waals surface area (Å²) < 4.78 is 15.0. The van der Waals surface area contributed by atoms with Gasteiger partial charge in [-0.2, -0.15) is 0 Å². The first-order valence-electron chi connectivity index (χ1n) is 11.9. The standard InChI is InChI=1S/C30H28BNO2/c1-29(2)30(3,4)34-31(33-29)23-13-10-12-22(19-23)27-20-32(24-14-6-5-7-15-24)28-25-16-9-8-11-21(25)17-18-26(27)28/h5-20H,1-4H3. The maximum atomic E-state index is 6.33. The number of rotatable bonds is 3. The average molecular weight is 445 g/mol. The van der Waals surface area contributed by atoms with Crippen molar-refractivity contribution in [3.05, 3.63) is 97.2 Å². The first-order chi connectivity index (χ1) is 16.3. The highest BCUT2D eigenvalue weighted by Gasteiger charge is 2.51. The molecule has 0 bridgehead atoms. The molecule has 0 unspecified atom stereocenters. The van der Waals surface area contributed by atoms with Crippen LogP contribution >= 0.6 is 0 Å². The molecule has 3 nitrogen and oxygen atoms in total. The van der Waals surface area contributed by atoms with Gasteiger partial charge in [0.05, 0.1) is 16.7 Å². The Balaban J connectivity index is 1.54. The van der Waals surface area contributed by atoms with Crippen LogP contribution in [0.2, 0.25) is 0 Å². The lowest BCUT2D eigenvalue weighted by molar-refractivity contribution is 0.00578. The fraction of sp³-hybridized carbons (Fsp3) is 0.200. The van der Waals surface area contributed by atoms with E-state index in [0.29, 0.717) is 0 Å². The minimum Gasteiger partial charge on any atom is -0.399 e. The van der Waals surface area contributed by atoms with Gasteiger partial charge in [0.1, 0.15) is 0 Å². The van der Waals surface area contributed by atoms with Crippen molar-refractivity contribution in [1.29, 1.82) is 0 Å². The Kier molecular flexibility index (Phi) is 4.74. The van der Waals surface area contributed by atoms with Gasteiger partial charge in [-0.1, -0.05) is 78.9 Å². The molecule has 5 aromatic rings. The Morgan fingerprint density at radius 2 is 1.38 bits per heavy atom. The number of para-hydroxylation sites is 1. The third-order valence-corrected chi connectivity index (χ3v) is 7.45. The lowest BCUT2D eigenvalue weighted by Crippen LogP contribution is -2.41. The molecule has 0 saturated carbocycles.